The van der Waals surface area contributed by atoms with Crippen molar-refractivity contribution in [1.82, 2.24) is 4.90 Å². The van der Waals surface area contributed by atoms with Gasteiger partial charge >= 0.3 is 0 Å². The molecule has 0 aromatic carbocycles. The first-order valence-corrected chi connectivity index (χ1v) is 6.74. The zero-order chi connectivity index (χ0) is 11.6. The Kier molecular flexibility index (Phi) is 3.88. The number of hydrogen-bond donors (Lipinski definition) is 1. The van der Waals surface area contributed by atoms with Gasteiger partial charge in [0, 0.05) is 25.2 Å². The summed E-state index contributed by atoms with van der Waals surface area (Å²) in [5.74, 6) is 0. The second kappa shape index (κ2) is 5.03. The van der Waals surface area contributed by atoms with E-state index in [1.54, 1.807) is 0 Å². The largest absolute Gasteiger partial charge is 0.373 e. The van der Waals surface area contributed by atoms with Crippen LogP contribution in [0.15, 0.2) is 0 Å². The van der Waals surface area contributed by atoms with E-state index in [-0.39, 0.29) is 5.54 Å². The minimum atomic E-state index is 0.0784. The molecule has 0 amide bonds. The van der Waals surface area contributed by atoms with Crippen molar-refractivity contribution in [2.75, 3.05) is 19.6 Å². The van der Waals surface area contributed by atoms with Crippen LogP contribution in [-0.2, 0) is 4.74 Å². The lowest BCUT2D eigenvalue weighted by Crippen LogP contribution is -2.56. The fourth-order valence-corrected chi connectivity index (χ4v) is 3.27. The van der Waals surface area contributed by atoms with E-state index >= 15 is 0 Å². The monoisotopic (exact) mass is 226 g/mol. The fourth-order valence-electron chi connectivity index (χ4n) is 3.27. The summed E-state index contributed by atoms with van der Waals surface area (Å²) in [6.45, 7) is 7.47. The maximum absolute atomic E-state index is 6.50. The summed E-state index contributed by atoms with van der Waals surface area (Å²) in [4.78, 5) is 2.50. The molecule has 3 heteroatoms. The summed E-state index contributed by atoms with van der Waals surface area (Å²) in [5, 5.41) is 0. The lowest BCUT2D eigenvalue weighted by atomic mass is 9.82. The van der Waals surface area contributed by atoms with Crippen molar-refractivity contribution in [3.05, 3.63) is 0 Å². The van der Waals surface area contributed by atoms with Crippen LogP contribution in [0.3, 0.4) is 0 Å². The molecule has 2 fully saturated rings. The highest BCUT2D eigenvalue weighted by Gasteiger charge is 2.32. The van der Waals surface area contributed by atoms with Crippen molar-refractivity contribution in [2.24, 2.45) is 5.73 Å². The van der Waals surface area contributed by atoms with E-state index in [0.717, 1.165) is 19.6 Å². The molecule has 0 radical (unpaired) electrons. The Hall–Kier alpha value is -0.120. The van der Waals surface area contributed by atoms with Gasteiger partial charge in [-0.05, 0) is 26.7 Å². The average molecular weight is 226 g/mol. The van der Waals surface area contributed by atoms with Gasteiger partial charge in [0.15, 0.2) is 0 Å². The van der Waals surface area contributed by atoms with Gasteiger partial charge in [0.2, 0.25) is 0 Å². The molecule has 16 heavy (non-hydrogen) atoms. The molecule has 3 nitrogen and oxygen atoms in total. The Morgan fingerprint density at radius 2 is 1.69 bits per heavy atom. The molecule has 2 rings (SSSR count). The molecule has 2 N–H and O–H groups in total. The lowest BCUT2D eigenvalue weighted by Gasteiger charge is -2.42. The molecule has 1 saturated carbocycles. The smallest absolute Gasteiger partial charge is 0.0678 e. The van der Waals surface area contributed by atoms with Gasteiger partial charge in [-0.15, -0.1) is 0 Å². The van der Waals surface area contributed by atoms with Gasteiger partial charge in [-0.3, -0.25) is 4.90 Å². The van der Waals surface area contributed by atoms with E-state index in [9.17, 15) is 0 Å². The summed E-state index contributed by atoms with van der Waals surface area (Å²) in [7, 11) is 0. The maximum Gasteiger partial charge on any atom is 0.0678 e. The highest BCUT2D eigenvalue weighted by atomic mass is 16.5. The molecule has 1 heterocycles. The van der Waals surface area contributed by atoms with Crippen LogP contribution >= 0.6 is 0 Å². The van der Waals surface area contributed by atoms with Crippen LogP contribution in [-0.4, -0.2) is 42.3 Å². The van der Waals surface area contributed by atoms with Gasteiger partial charge in [-0.1, -0.05) is 19.3 Å². The fraction of sp³-hybridized carbons (Fsp3) is 1.00. The van der Waals surface area contributed by atoms with Gasteiger partial charge in [0.25, 0.3) is 0 Å². The van der Waals surface area contributed by atoms with Crippen LogP contribution in [0.5, 0.6) is 0 Å². The molecule has 0 spiro atoms. The van der Waals surface area contributed by atoms with Crippen LogP contribution in [0.4, 0.5) is 0 Å². The standard InChI is InChI=1S/C13H26N2O/c1-11-8-15(9-12(2)16-11)10-13(14)6-4-3-5-7-13/h11-12H,3-10,14H2,1-2H3. The van der Waals surface area contributed by atoms with Crippen molar-refractivity contribution in [3.63, 3.8) is 0 Å². The quantitative estimate of drug-likeness (QED) is 0.779. The first-order chi connectivity index (χ1) is 7.57. The molecule has 1 aliphatic carbocycles. The Morgan fingerprint density at radius 1 is 1.12 bits per heavy atom. The molecule has 2 atom stereocenters. The van der Waals surface area contributed by atoms with Gasteiger partial charge < -0.3 is 10.5 Å². The zero-order valence-corrected chi connectivity index (χ0v) is 10.7. The SMILES string of the molecule is CC1CN(CC2(N)CCCCC2)CC(C)O1. The van der Waals surface area contributed by atoms with E-state index in [1.807, 2.05) is 0 Å². The van der Waals surface area contributed by atoms with Crippen molar-refractivity contribution in [2.45, 2.75) is 63.7 Å². The third-order valence-corrected chi connectivity index (χ3v) is 3.88. The Morgan fingerprint density at radius 3 is 2.25 bits per heavy atom. The average Bonchev–Trinajstić information content (AvgIpc) is 2.15. The number of ether oxygens (including phenoxy) is 1. The topological polar surface area (TPSA) is 38.5 Å². The van der Waals surface area contributed by atoms with Gasteiger partial charge in [-0.25, -0.2) is 0 Å². The molecule has 0 aromatic rings. The van der Waals surface area contributed by atoms with Gasteiger partial charge in [-0.2, -0.15) is 0 Å². The number of hydrogen-bond acceptors (Lipinski definition) is 3. The first-order valence-electron chi connectivity index (χ1n) is 6.74. The third kappa shape index (κ3) is 3.19. The number of morpholine rings is 1. The molecule has 0 aromatic heterocycles. The van der Waals surface area contributed by atoms with Crippen LogP contribution in [0.2, 0.25) is 0 Å². The second-order valence-corrected chi connectivity index (χ2v) is 5.87. The van der Waals surface area contributed by atoms with Gasteiger partial charge in [0.1, 0.15) is 0 Å². The highest BCUT2D eigenvalue weighted by molar-refractivity contribution is 4.91. The molecule has 1 saturated heterocycles. The molecule has 2 unspecified atom stereocenters. The van der Waals surface area contributed by atoms with Crippen molar-refractivity contribution in [1.29, 1.82) is 0 Å². The molecule has 94 valence electrons. The van der Waals surface area contributed by atoms with Crippen LogP contribution in [0.1, 0.15) is 46.0 Å². The van der Waals surface area contributed by atoms with E-state index < -0.39 is 0 Å². The predicted molar refractivity (Wildman–Crippen MR) is 66.5 cm³/mol. The first kappa shape index (κ1) is 12.3. The Labute approximate surface area is 99.3 Å². The minimum Gasteiger partial charge on any atom is -0.373 e. The Bertz CT molecular complexity index is 216. The van der Waals surface area contributed by atoms with E-state index in [0.29, 0.717) is 12.2 Å². The molecule has 0 bridgehead atoms. The predicted octanol–water partition coefficient (Wildman–Crippen LogP) is 1.76. The zero-order valence-electron chi connectivity index (χ0n) is 10.7. The summed E-state index contributed by atoms with van der Waals surface area (Å²) in [6, 6.07) is 0. The number of rotatable bonds is 2. The van der Waals surface area contributed by atoms with Crippen molar-refractivity contribution in [3.8, 4) is 0 Å². The minimum absolute atomic E-state index is 0.0784. The van der Waals surface area contributed by atoms with E-state index in [4.69, 9.17) is 10.5 Å². The van der Waals surface area contributed by atoms with Gasteiger partial charge in [0.05, 0.1) is 12.2 Å². The molecule has 1 aliphatic heterocycles. The maximum atomic E-state index is 6.50. The highest BCUT2D eigenvalue weighted by Crippen LogP contribution is 2.27. The Balaban J connectivity index is 1.87. The lowest BCUT2D eigenvalue weighted by molar-refractivity contribution is -0.0740. The molecular weight excluding hydrogens is 200 g/mol. The van der Waals surface area contributed by atoms with E-state index in [1.165, 1.54) is 32.1 Å². The molecular formula is C13H26N2O. The summed E-state index contributed by atoms with van der Waals surface area (Å²) < 4.78 is 5.76. The third-order valence-electron chi connectivity index (χ3n) is 3.88. The number of nitrogens with two attached hydrogens (primary N) is 1. The number of nitrogens with zero attached hydrogens (tertiary/aromatic N) is 1. The van der Waals surface area contributed by atoms with Crippen molar-refractivity contribution < 1.29 is 4.74 Å². The van der Waals surface area contributed by atoms with Crippen molar-refractivity contribution >= 4 is 0 Å². The normalized spacial score (nSPS) is 36.2. The molecule has 2 aliphatic rings. The van der Waals surface area contributed by atoms with E-state index in [2.05, 4.69) is 18.7 Å². The summed E-state index contributed by atoms with van der Waals surface area (Å²) in [5.41, 5.74) is 6.58. The van der Waals surface area contributed by atoms with Crippen LogP contribution in [0, 0.1) is 0 Å². The van der Waals surface area contributed by atoms with Crippen LogP contribution < -0.4 is 5.73 Å². The summed E-state index contributed by atoms with van der Waals surface area (Å²) in [6.07, 6.45) is 7.11. The van der Waals surface area contributed by atoms with Crippen LogP contribution in [0.25, 0.3) is 0 Å². The summed E-state index contributed by atoms with van der Waals surface area (Å²) >= 11 is 0. The second-order valence-electron chi connectivity index (χ2n) is 5.87.